The highest BCUT2D eigenvalue weighted by Gasteiger charge is 2.42. The summed E-state index contributed by atoms with van der Waals surface area (Å²) in [5, 5.41) is 5.31. The number of nitrogens with one attached hydrogen (secondary N) is 2. The molecule has 210 valence electrons. The number of benzene rings is 2. The summed E-state index contributed by atoms with van der Waals surface area (Å²) in [6.45, 7) is 0.721. The van der Waals surface area contributed by atoms with Crippen LogP contribution in [0.3, 0.4) is 0 Å². The Morgan fingerprint density at radius 2 is 1.69 bits per heavy atom. The largest absolute Gasteiger partial charge is 0.490 e. The number of rotatable bonds is 10. The zero-order valence-corrected chi connectivity index (χ0v) is 21.5. The number of carbonyl (C=O) groups is 1. The Morgan fingerprint density at radius 1 is 1.00 bits per heavy atom. The third kappa shape index (κ3) is 8.72. The molecule has 1 heterocycles. The molecule has 0 unspecified atom stereocenters. The molecule has 0 spiro atoms. The number of anilines is 2. The predicted molar refractivity (Wildman–Crippen MR) is 134 cm³/mol. The van der Waals surface area contributed by atoms with Crippen LogP contribution in [0.25, 0.3) is 11.3 Å². The van der Waals surface area contributed by atoms with Gasteiger partial charge in [-0.25, -0.2) is 9.78 Å². The van der Waals surface area contributed by atoms with Crippen molar-refractivity contribution in [3.05, 3.63) is 70.7 Å². The maximum atomic E-state index is 13.2. The standard InChI is InChI=1S/C25H24ClF6N5O2/c1-37(2)11-10-33-23-35-19(16-8-9-17(18(26)12-16)24(27,28)29)13-21(36-23)34-14-20(15-6-4-3-5-7-15)39-22(38)25(30,31)32/h3-9,12-13,20H,10-11,14H2,1-2H3,(H2,33,34,35,36)/t20-/m0/s1. The molecule has 0 fully saturated rings. The van der Waals surface area contributed by atoms with E-state index in [1.807, 2.05) is 19.0 Å². The van der Waals surface area contributed by atoms with Crippen molar-refractivity contribution < 1.29 is 35.9 Å². The first-order chi connectivity index (χ1) is 18.2. The summed E-state index contributed by atoms with van der Waals surface area (Å²) in [7, 11) is 3.70. The zero-order valence-electron chi connectivity index (χ0n) is 20.7. The Hall–Kier alpha value is -3.58. The van der Waals surface area contributed by atoms with E-state index in [4.69, 9.17) is 16.3 Å². The van der Waals surface area contributed by atoms with Crippen molar-refractivity contribution >= 4 is 29.3 Å². The van der Waals surface area contributed by atoms with Crippen molar-refractivity contribution in [2.45, 2.75) is 18.5 Å². The first kappa shape index (κ1) is 30.0. The summed E-state index contributed by atoms with van der Waals surface area (Å²) in [6, 6.07) is 12.3. The van der Waals surface area contributed by atoms with E-state index in [1.54, 1.807) is 18.2 Å². The van der Waals surface area contributed by atoms with E-state index in [1.165, 1.54) is 24.3 Å². The van der Waals surface area contributed by atoms with E-state index in [-0.39, 0.29) is 29.6 Å². The van der Waals surface area contributed by atoms with E-state index < -0.39 is 35.0 Å². The van der Waals surface area contributed by atoms with Gasteiger partial charge in [0.15, 0.2) is 0 Å². The van der Waals surface area contributed by atoms with Crippen LogP contribution < -0.4 is 10.6 Å². The highest BCUT2D eigenvalue weighted by atomic mass is 35.5. The lowest BCUT2D eigenvalue weighted by Crippen LogP contribution is -2.29. The maximum Gasteiger partial charge on any atom is 0.490 e. The third-order valence-electron chi connectivity index (χ3n) is 5.26. The number of hydrogen-bond donors (Lipinski definition) is 2. The van der Waals surface area contributed by atoms with Crippen molar-refractivity contribution in [2.24, 2.45) is 0 Å². The molecule has 1 atom stereocenters. The number of alkyl halides is 6. The minimum Gasteiger partial charge on any atom is -0.449 e. The van der Waals surface area contributed by atoms with Gasteiger partial charge in [-0.05, 0) is 31.8 Å². The van der Waals surface area contributed by atoms with Gasteiger partial charge in [-0.15, -0.1) is 0 Å². The van der Waals surface area contributed by atoms with Crippen LogP contribution in [0.1, 0.15) is 17.2 Å². The monoisotopic (exact) mass is 575 g/mol. The molecule has 1 aromatic heterocycles. The summed E-state index contributed by atoms with van der Waals surface area (Å²) < 4.78 is 82.8. The van der Waals surface area contributed by atoms with Gasteiger partial charge in [-0.1, -0.05) is 48.0 Å². The van der Waals surface area contributed by atoms with E-state index >= 15 is 0 Å². The van der Waals surface area contributed by atoms with Gasteiger partial charge < -0.3 is 20.3 Å². The van der Waals surface area contributed by atoms with E-state index in [2.05, 4.69) is 20.6 Å². The lowest BCUT2D eigenvalue weighted by Gasteiger charge is -2.20. The molecule has 0 saturated carbocycles. The maximum absolute atomic E-state index is 13.2. The van der Waals surface area contributed by atoms with Gasteiger partial charge in [-0.3, -0.25) is 0 Å². The second-order valence-electron chi connectivity index (χ2n) is 8.57. The van der Waals surface area contributed by atoms with Crippen LogP contribution in [0.4, 0.5) is 38.1 Å². The lowest BCUT2D eigenvalue weighted by atomic mass is 10.1. The summed E-state index contributed by atoms with van der Waals surface area (Å²) in [5.41, 5.74) is -0.270. The van der Waals surface area contributed by atoms with Crippen molar-refractivity contribution in [1.29, 1.82) is 0 Å². The number of likely N-dealkylation sites (N-methyl/N-ethyl adjacent to an activating group) is 1. The van der Waals surface area contributed by atoms with Gasteiger partial charge in [0.05, 0.1) is 22.8 Å². The second-order valence-corrected chi connectivity index (χ2v) is 8.97. The molecule has 0 aliphatic rings. The molecule has 0 radical (unpaired) electrons. The minimum absolute atomic E-state index is 0.108. The molecule has 39 heavy (non-hydrogen) atoms. The molecule has 0 saturated heterocycles. The molecular weight excluding hydrogens is 552 g/mol. The van der Waals surface area contributed by atoms with Crippen LogP contribution in [0.15, 0.2) is 54.6 Å². The quantitative estimate of drug-likeness (QED) is 0.225. The van der Waals surface area contributed by atoms with Gasteiger partial charge >= 0.3 is 18.3 Å². The van der Waals surface area contributed by atoms with E-state index in [0.29, 0.717) is 18.7 Å². The number of aromatic nitrogens is 2. The smallest absolute Gasteiger partial charge is 0.449 e. The van der Waals surface area contributed by atoms with Gasteiger partial charge in [0.2, 0.25) is 5.95 Å². The highest BCUT2D eigenvalue weighted by molar-refractivity contribution is 6.31. The molecule has 7 nitrogen and oxygen atoms in total. The fourth-order valence-electron chi connectivity index (χ4n) is 3.35. The van der Waals surface area contributed by atoms with E-state index in [9.17, 15) is 31.1 Å². The fourth-order valence-corrected chi connectivity index (χ4v) is 3.64. The van der Waals surface area contributed by atoms with E-state index in [0.717, 1.165) is 12.1 Å². The van der Waals surface area contributed by atoms with Crippen molar-refractivity contribution in [2.75, 3.05) is 44.4 Å². The minimum atomic E-state index is -5.19. The lowest BCUT2D eigenvalue weighted by molar-refractivity contribution is -0.204. The van der Waals surface area contributed by atoms with Crippen LogP contribution in [0, 0.1) is 0 Å². The Balaban J connectivity index is 1.92. The summed E-state index contributed by atoms with van der Waals surface area (Å²) >= 11 is 5.88. The number of hydrogen-bond acceptors (Lipinski definition) is 7. The van der Waals surface area contributed by atoms with Crippen molar-refractivity contribution in [3.63, 3.8) is 0 Å². The first-order valence-corrected chi connectivity index (χ1v) is 11.8. The number of ether oxygens (including phenoxy) is 1. The summed E-state index contributed by atoms with van der Waals surface area (Å²) in [4.78, 5) is 22.1. The number of halogens is 7. The van der Waals surface area contributed by atoms with Crippen LogP contribution in [-0.2, 0) is 15.7 Å². The average molecular weight is 576 g/mol. The highest BCUT2D eigenvalue weighted by Crippen LogP contribution is 2.37. The SMILES string of the molecule is CN(C)CCNc1nc(NC[C@H](OC(=O)C(F)(F)F)c2ccccc2)cc(-c2ccc(C(F)(F)F)c(Cl)c2)n1. The molecule has 0 bridgehead atoms. The average Bonchev–Trinajstić information content (AvgIpc) is 2.85. The van der Waals surface area contributed by atoms with Crippen LogP contribution in [0.5, 0.6) is 0 Å². The van der Waals surface area contributed by atoms with Crippen LogP contribution >= 0.6 is 11.6 Å². The molecule has 2 N–H and O–H groups in total. The van der Waals surface area contributed by atoms with Gasteiger partial charge in [-0.2, -0.15) is 31.3 Å². The number of esters is 1. The number of nitrogens with zero attached hydrogens (tertiary/aromatic N) is 3. The summed E-state index contributed by atoms with van der Waals surface area (Å²) in [5.74, 6) is -2.13. The number of carbonyl (C=O) groups excluding carboxylic acids is 1. The van der Waals surface area contributed by atoms with Crippen LogP contribution in [-0.4, -0.2) is 60.7 Å². The van der Waals surface area contributed by atoms with Gasteiger partial charge in [0, 0.05) is 24.7 Å². The zero-order chi connectivity index (χ0) is 28.8. The molecule has 3 aromatic rings. The van der Waals surface area contributed by atoms with Gasteiger partial charge in [0.1, 0.15) is 11.9 Å². The molecule has 14 heteroatoms. The van der Waals surface area contributed by atoms with Crippen LogP contribution in [0.2, 0.25) is 5.02 Å². The Bertz CT molecular complexity index is 1270. The molecule has 2 aromatic carbocycles. The molecule has 3 rings (SSSR count). The summed E-state index contributed by atoms with van der Waals surface area (Å²) in [6.07, 6.45) is -11.2. The first-order valence-electron chi connectivity index (χ1n) is 11.5. The Morgan fingerprint density at radius 3 is 2.28 bits per heavy atom. The predicted octanol–water partition coefficient (Wildman–Crippen LogP) is 6.05. The molecule has 0 aliphatic heterocycles. The van der Waals surface area contributed by atoms with Gasteiger partial charge in [0.25, 0.3) is 0 Å². The molecular formula is C25H24ClF6N5O2. The Labute approximate surface area is 225 Å². The van der Waals surface area contributed by atoms with Crippen molar-refractivity contribution in [1.82, 2.24) is 14.9 Å². The molecule has 0 aliphatic carbocycles. The topological polar surface area (TPSA) is 79.4 Å². The second kappa shape index (κ2) is 12.5. The third-order valence-corrected chi connectivity index (χ3v) is 5.57. The fraction of sp³-hybridized carbons (Fsp3) is 0.320. The van der Waals surface area contributed by atoms with Crippen molar-refractivity contribution in [3.8, 4) is 11.3 Å². The normalized spacial score (nSPS) is 12.8. The Kier molecular flexibility index (Phi) is 9.62. The molecule has 0 amide bonds.